The summed E-state index contributed by atoms with van der Waals surface area (Å²) in [6, 6.07) is 13.4. The zero-order chi connectivity index (χ0) is 24.3. The number of aromatic nitrogens is 1. The third-order valence-electron chi connectivity index (χ3n) is 5.21. The number of aliphatic hydroxyl groups excluding tert-OH is 1. The van der Waals surface area contributed by atoms with Crippen LogP contribution in [0.15, 0.2) is 36.4 Å². The standard InChI is InChI=1S/C25H34N3O5/c1-5-32-25(30)13-9-20-8-12-24(23(16-26)27-20)33-18-21(29)17-28(2,3)15-14-19-6-10-22(31-4)11-7-19/h6-8,10-12,21,29H,5,9,13-15,17-18H2,1-4H3/q+1/t21-/m1/s1. The van der Waals surface area contributed by atoms with Gasteiger partial charge in [-0.3, -0.25) is 4.79 Å². The fraction of sp³-hybridized carbons (Fsp3) is 0.480. The maximum Gasteiger partial charge on any atom is 0.306 e. The van der Waals surface area contributed by atoms with Gasteiger partial charge in [0.2, 0.25) is 0 Å². The lowest BCUT2D eigenvalue weighted by Gasteiger charge is -2.32. The van der Waals surface area contributed by atoms with E-state index in [9.17, 15) is 15.2 Å². The Kier molecular flexibility index (Phi) is 10.1. The molecule has 0 fully saturated rings. The summed E-state index contributed by atoms with van der Waals surface area (Å²) in [7, 11) is 5.77. The van der Waals surface area contributed by atoms with E-state index in [4.69, 9.17) is 14.2 Å². The molecule has 0 spiro atoms. The number of quaternary nitrogens is 1. The van der Waals surface area contributed by atoms with Gasteiger partial charge in [-0.1, -0.05) is 12.1 Å². The van der Waals surface area contributed by atoms with E-state index in [0.717, 1.165) is 18.7 Å². The van der Waals surface area contributed by atoms with Crippen LogP contribution in [0, 0.1) is 11.3 Å². The number of aryl methyl sites for hydroxylation is 1. The summed E-state index contributed by atoms with van der Waals surface area (Å²) in [6.45, 7) is 3.50. The van der Waals surface area contributed by atoms with Crippen LogP contribution in [-0.2, 0) is 22.4 Å². The summed E-state index contributed by atoms with van der Waals surface area (Å²) in [6.07, 6.45) is 0.760. The second kappa shape index (κ2) is 12.8. The number of nitrogens with zero attached hydrogens (tertiary/aromatic N) is 3. The van der Waals surface area contributed by atoms with Gasteiger partial charge in [0.05, 0.1) is 40.8 Å². The number of benzene rings is 1. The number of carbonyl (C=O) groups excluding carboxylic acids is 1. The van der Waals surface area contributed by atoms with Crippen LogP contribution < -0.4 is 9.47 Å². The van der Waals surface area contributed by atoms with Crippen molar-refractivity contribution in [3.63, 3.8) is 0 Å². The van der Waals surface area contributed by atoms with Gasteiger partial charge in [-0.2, -0.15) is 5.26 Å². The van der Waals surface area contributed by atoms with E-state index < -0.39 is 6.10 Å². The predicted molar refractivity (Wildman–Crippen MR) is 124 cm³/mol. The minimum atomic E-state index is -0.703. The maximum absolute atomic E-state index is 11.5. The number of aliphatic hydroxyl groups is 1. The van der Waals surface area contributed by atoms with Gasteiger partial charge in [-0.25, -0.2) is 4.98 Å². The Balaban J connectivity index is 1.84. The van der Waals surface area contributed by atoms with Crippen LogP contribution in [-0.4, -0.2) is 74.2 Å². The maximum atomic E-state index is 11.5. The van der Waals surface area contributed by atoms with Crippen molar-refractivity contribution in [2.45, 2.75) is 32.3 Å². The van der Waals surface area contributed by atoms with Crippen LogP contribution in [0.3, 0.4) is 0 Å². The van der Waals surface area contributed by atoms with E-state index in [2.05, 4.69) is 19.1 Å². The van der Waals surface area contributed by atoms with Gasteiger partial charge in [-0.05, 0) is 36.8 Å². The largest absolute Gasteiger partial charge is 0.497 e. The number of rotatable bonds is 13. The van der Waals surface area contributed by atoms with Crippen molar-refractivity contribution in [2.24, 2.45) is 0 Å². The molecular weight excluding hydrogens is 422 g/mol. The van der Waals surface area contributed by atoms with Crippen molar-refractivity contribution in [1.29, 1.82) is 5.26 Å². The molecule has 8 nitrogen and oxygen atoms in total. The van der Waals surface area contributed by atoms with Crippen LogP contribution in [0.25, 0.3) is 0 Å². The van der Waals surface area contributed by atoms with E-state index in [1.165, 1.54) is 5.56 Å². The van der Waals surface area contributed by atoms with Gasteiger partial charge in [0.1, 0.15) is 31.1 Å². The molecular formula is C25H34N3O5+. The first-order valence-electron chi connectivity index (χ1n) is 11.1. The highest BCUT2D eigenvalue weighted by Gasteiger charge is 2.21. The number of ether oxygens (including phenoxy) is 3. The highest BCUT2D eigenvalue weighted by Crippen LogP contribution is 2.18. The third kappa shape index (κ3) is 9.08. The molecule has 0 amide bonds. The SMILES string of the molecule is CCOC(=O)CCc1ccc(OC[C@H](O)C[N+](C)(C)CCc2ccc(OC)cc2)c(C#N)n1. The van der Waals surface area contributed by atoms with Crippen molar-refractivity contribution >= 4 is 5.97 Å². The molecule has 178 valence electrons. The molecule has 1 aromatic heterocycles. The quantitative estimate of drug-likeness (QED) is 0.365. The van der Waals surface area contributed by atoms with Crippen LogP contribution in [0.5, 0.6) is 11.5 Å². The van der Waals surface area contributed by atoms with Gasteiger partial charge in [-0.15, -0.1) is 0 Å². The van der Waals surface area contributed by atoms with Crippen LogP contribution in [0.1, 0.15) is 30.3 Å². The average Bonchev–Trinajstić information content (AvgIpc) is 2.80. The Hall–Kier alpha value is -3.15. The molecule has 33 heavy (non-hydrogen) atoms. The molecule has 1 heterocycles. The number of methoxy groups -OCH3 is 1. The fourth-order valence-electron chi connectivity index (χ4n) is 3.41. The van der Waals surface area contributed by atoms with E-state index >= 15 is 0 Å². The molecule has 0 aliphatic heterocycles. The Labute approximate surface area is 195 Å². The number of nitriles is 1. The Bertz CT molecular complexity index is 938. The number of hydrogen-bond donors (Lipinski definition) is 1. The first kappa shape index (κ1) is 26.1. The van der Waals surface area contributed by atoms with Gasteiger partial charge in [0, 0.05) is 18.5 Å². The number of likely N-dealkylation sites (N-methyl/N-ethyl adjacent to an activating group) is 1. The highest BCUT2D eigenvalue weighted by atomic mass is 16.5. The molecule has 1 N–H and O–H groups in total. The zero-order valence-electron chi connectivity index (χ0n) is 19.9. The second-order valence-corrected chi connectivity index (χ2v) is 8.47. The predicted octanol–water partition coefficient (Wildman–Crippen LogP) is 2.52. The smallest absolute Gasteiger partial charge is 0.306 e. The molecule has 0 aliphatic carbocycles. The van der Waals surface area contributed by atoms with Crippen molar-refractivity contribution in [3.05, 3.63) is 53.3 Å². The first-order valence-corrected chi connectivity index (χ1v) is 11.1. The molecule has 0 aliphatic rings. The third-order valence-corrected chi connectivity index (χ3v) is 5.21. The lowest BCUT2D eigenvalue weighted by molar-refractivity contribution is -0.893. The molecule has 0 unspecified atom stereocenters. The van der Waals surface area contributed by atoms with Gasteiger partial charge < -0.3 is 23.8 Å². The Morgan fingerprint density at radius 3 is 2.55 bits per heavy atom. The van der Waals surface area contributed by atoms with Crippen molar-refractivity contribution in [2.75, 3.05) is 47.5 Å². The summed E-state index contributed by atoms with van der Waals surface area (Å²) >= 11 is 0. The number of hydrogen-bond acceptors (Lipinski definition) is 7. The van der Waals surface area contributed by atoms with Crippen LogP contribution >= 0.6 is 0 Å². The first-order chi connectivity index (χ1) is 15.8. The second-order valence-electron chi connectivity index (χ2n) is 8.47. The molecule has 1 aromatic carbocycles. The molecule has 2 rings (SSSR count). The molecule has 2 aromatic rings. The van der Waals surface area contributed by atoms with Crippen molar-refractivity contribution in [1.82, 2.24) is 4.98 Å². The van der Waals surface area contributed by atoms with Crippen molar-refractivity contribution in [3.8, 4) is 17.6 Å². The summed E-state index contributed by atoms with van der Waals surface area (Å²) in [5.74, 6) is 0.854. The number of esters is 1. The van der Waals surface area contributed by atoms with E-state index in [-0.39, 0.29) is 24.7 Å². The molecule has 8 heteroatoms. The van der Waals surface area contributed by atoms with Crippen molar-refractivity contribution < 1.29 is 28.6 Å². The van der Waals surface area contributed by atoms with Gasteiger partial charge in [0.15, 0.2) is 11.4 Å². The lowest BCUT2D eigenvalue weighted by atomic mass is 10.1. The lowest BCUT2D eigenvalue weighted by Crippen LogP contribution is -2.48. The topological polar surface area (TPSA) is 102 Å². The van der Waals surface area contributed by atoms with E-state index in [0.29, 0.717) is 35.5 Å². The normalized spacial score (nSPS) is 12.0. The molecule has 0 radical (unpaired) electrons. The molecule has 0 saturated carbocycles. The average molecular weight is 457 g/mol. The van der Waals surface area contributed by atoms with Crippen LogP contribution in [0.2, 0.25) is 0 Å². The van der Waals surface area contributed by atoms with Crippen LogP contribution in [0.4, 0.5) is 0 Å². The Morgan fingerprint density at radius 1 is 1.18 bits per heavy atom. The molecule has 1 atom stereocenters. The summed E-state index contributed by atoms with van der Waals surface area (Å²) < 4.78 is 16.4. The monoisotopic (exact) mass is 456 g/mol. The highest BCUT2D eigenvalue weighted by molar-refractivity contribution is 5.69. The number of carbonyl (C=O) groups is 1. The summed E-state index contributed by atoms with van der Waals surface area (Å²) in [5, 5.41) is 19.9. The molecule has 0 saturated heterocycles. The minimum absolute atomic E-state index is 0.0583. The number of pyridine rings is 1. The molecule has 0 bridgehead atoms. The summed E-state index contributed by atoms with van der Waals surface area (Å²) in [4.78, 5) is 15.8. The fourth-order valence-corrected chi connectivity index (χ4v) is 3.41. The van der Waals surface area contributed by atoms with E-state index in [1.807, 2.05) is 30.3 Å². The zero-order valence-corrected chi connectivity index (χ0v) is 19.9. The minimum Gasteiger partial charge on any atom is -0.497 e. The van der Waals surface area contributed by atoms with Gasteiger partial charge in [0.25, 0.3) is 0 Å². The summed E-state index contributed by atoms with van der Waals surface area (Å²) in [5.41, 5.74) is 1.96. The Morgan fingerprint density at radius 2 is 1.91 bits per heavy atom. The van der Waals surface area contributed by atoms with E-state index in [1.54, 1.807) is 26.2 Å². The van der Waals surface area contributed by atoms with Gasteiger partial charge >= 0.3 is 5.97 Å².